The predicted octanol–water partition coefficient (Wildman–Crippen LogP) is 6.07. The first kappa shape index (κ1) is 14.8. The highest BCUT2D eigenvalue weighted by atomic mass is 14.1. The molecule has 0 heterocycles. The molecule has 0 spiro atoms. The fourth-order valence-corrected chi connectivity index (χ4v) is 2.56. The zero-order chi connectivity index (χ0) is 14.5. The summed E-state index contributed by atoms with van der Waals surface area (Å²) >= 11 is 0. The van der Waals surface area contributed by atoms with Gasteiger partial charge >= 0.3 is 0 Å². The summed E-state index contributed by atoms with van der Waals surface area (Å²) in [6, 6.07) is 18.0. The molecule has 0 saturated carbocycles. The van der Waals surface area contributed by atoms with Crippen molar-refractivity contribution >= 4 is 0 Å². The number of benzene rings is 2. The lowest BCUT2D eigenvalue weighted by Gasteiger charge is -2.16. The zero-order valence-electron chi connectivity index (χ0n) is 13.2. The third-order valence-electron chi connectivity index (χ3n) is 4.24. The molecule has 0 aliphatic rings. The number of aryl methyl sites for hydroxylation is 1. The Morgan fingerprint density at radius 3 is 2.15 bits per heavy atom. The standard InChI is InChI=1S/C20H26/c1-5-7-17-8-6-9-20(14-17)19-12-10-18(11-13-19)16(4)15(2)3/h6,8-16H,5,7H2,1-4H3/t16-/m1/s1. The molecule has 2 aromatic rings. The molecule has 0 aliphatic heterocycles. The molecule has 2 rings (SSSR count). The Kier molecular flexibility index (Phi) is 5.00. The van der Waals surface area contributed by atoms with Gasteiger partial charge in [-0.3, -0.25) is 0 Å². The largest absolute Gasteiger partial charge is 0.0651 e. The monoisotopic (exact) mass is 266 g/mol. The average Bonchev–Trinajstić information content (AvgIpc) is 2.47. The third-order valence-corrected chi connectivity index (χ3v) is 4.24. The van der Waals surface area contributed by atoms with Gasteiger partial charge in [0, 0.05) is 0 Å². The lowest BCUT2D eigenvalue weighted by atomic mass is 9.89. The van der Waals surface area contributed by atoms with Crippen LogP contribution in [0.5, 0.6) is 0 Å². The first-order chi connectivity index (χ1) is 9.61. The van der Waals surface area contributed by atoms with Crippen LogP contribution >= 0.6 is 0 Å². The molecule has 0 bridgehead atoms. The van der Waals surface area contributed by atoms with Crippen LogP contribution in [0.2, 0.25) is 0 Å². The van der Waals surface area contributed by atoms with E-state index in [-0.39, 0.29) is 0 Å². The molecule has 2 aromatic carbocycles. The van der Waals surface area contributed by atoms with Crippen molar-refractivity contribution in [1.82, 2.24) is 0 Å². The minimum absolute atomic E-state index is 0.621. The molecule has 0 unspecified atom stereocenters. The van der Waals surface area contributed by atoms with E-state index in [0.717, 1.165) is 6.42 Å². The van der Waals surface area contributed by atoms with E-state index in [4.69, 9.17) is 0 Å². The molecular formula is C20H26. The summed E-state index contributed by atoms with van der Waals surface area (Å²) in [7, 11) is 0. The molecule has 20 heavy (non-hydrogen) atoms. The maximum Gasteiger partial charge on any atom is -0.0167 e. The predicted molar refractivity (Wildman–Crippen MR) is 89.1 cm³/mol. The Morgan fingerprint density at radius 1 is 0.850 bits per heavy atom. The third kappa shape index (κ3) is 3.50. The van der Waals surface area contributed by atoms with Gasteiger partial charge in [0.15, 0.2) is 0 Å². The fraction of sp³-hybridized carbons (Fsp3) is 0.400. The van der Waals surface area contributed by atoms with Crippen molar-refractivity contribution in [1.29, 1.82) is 0 Å². The van der Waals surface area contributed by atoms with Crippen molar-refractivity contribution in [3.8, 4) is 11.1 Å². The van der Waals surface area contributed by atoms with Crippen molar-refractivity contribution in [2.45, 2.75) is 46.5 Å². The van der Waals surface area contributed by atoms with E-state index >= 15 is 0 Å². The van der Waals surface area contributed by atoms with Crippen LogP contribution in [0.15, 0.2) is 48.5 Å². The van der Waals surface area contributed by atoms with Gasteiger partial charge in [-0.25, -0.2) is 0 Å². The SMILES string of the molecule is CCCc1cccc(-c2ccc([C@H](C)C(C)C)cc2)c1. The molecule has 0 amide bonds. The van der Waals surface area contributed by atoms with Crippen LogP contribution in [0.3, 0.4) is 0 Å². The van der Waals surface area contributed by atoms with Crippen molar-refractivity contribution in [2.24, 2.45) is 5.92 Å². The van der Waals surface area contributed by atoms with Crippen LogP contribution in [-0.2, 0) is 6.42 Å². The van der Waals surface area contributed by atoms with E-state index in [1.165, 1.54) is 28.7 Å². The van der Waals surface area contributed by atoms with Crippen molar-refractivity contribution in [3.63, 3.8) is 0 Å². The topological polar surface area (TPSA) is 0 Å². The Morgan fingerprint density at radius 2 is 1.55 bits per heavy atom. The highest BCUT2D eigenvalue weighted by Crippen LogP contribution is 2.27. The van der Waals surface area contributed by atoms with Gasteiger partial charge in [-0.15, -0.1) is 0 Å². The molecule has 0 fully saturated rings. The fourth-order valence-electron chi connectivity index (χ4n) is 2.56. The Hall–Kier alpha value is -1.56. The lowest BCUT2D eigenvalue weighted by molar-refractivity contribution is 0.535. The Balaban J connectivity index is 2.23. The molecule has 0 nitrogen and oxygen atoms in total. The maximum atomic E-state index is 2.32. The van der Waals surface area contributed by atoms with Crippen molar-refractivity contribution in [3.05, 3.63) is 59.7 Å². The molecule has 0 heteroatoms. The van der Waals surface area contributed by atoms with Crippen molar-refractivity contribution in [2.75, 3.05) is 0 Å². The molecule has 0 radical (unpaired) electrons. The summed E-state index contributed by atoms with van der Waals surface area (Å²) in [5.74, 6) is 1.31. The van der Waals surface area contributed by atoms with Gasteiger partial charge in [0.25, 0.3) is 0 Å². The van der Waals surface area contributed by atoms with Crippen LogP contribution < -0.4 is 0 Å². The minimum Gasteiger partial charge on any atom is -0.0651 e. The normalized spacial score (nSPS) is 12.7. The van der Waals surface area contributed by atoms with Gasteiger partial charge < -0.3 is 0 Å². The van der Waals surface area contributed by atoms with Crippen molar-refractivity contribution < 1.29 is 0 Å². The first-order valence-electron chi connectivity index (χ1n) is 7.81. The molecular weight excluding hydrogens is 240 g/mol. The smallest absolute Gasteiger partial charge is 0.0167 e. The van der Waals surface area contributed by atoms with Gasteiger partial charge in [-0.2, -0.15) is 0 Å². The zero-order valence-corrected chi connectivity index (χ0v) is 13.2. The molecule has 1 atom stereocenters. The van der Waals surface area contributed by atoms with Gasteiger partial charge in [0.1, 0.15) is 0 Å². The number of hydrogen-bond donors (Lipinski definition) is 0. The minimum atomic E-state index is 0.621. The molecule has 0 aliphatic carbocycles. The summed E-state index contributed by atoms with van der Waals surface area (Å²) in [5.41, 5.74) is 5.53. The molecule has 0 saturated heterocycles. The number of rotatable bonds is 5. The summed E-state index contributed by atoms with van der Waals surface area (Å²) in [4.78, 5) is 0. The van der Waals surface area contributed by atoms with Gasteiger partial charge in [0.2, 0.25) is 0 Å². The Labute approximate surface area is 123 Å². The highest BCUT2D eigenvalue weighted by Gasteiger charge is 2.09. The summed E-state index contributed by atoms with van der Waals surface area (Å²) < 4.78 is 0. The van der Waals surface area contributed by atoms with E-state index in [1.54, 1.807) is 0 Å². The second-order valence-corrected chi connectivity index (χ2v) is 6.11. The second kappa shape index (κ2) is 6.74. The van der Waals surface area contributed by atoms with Crippen LogP contribution in [0.4, 0.5) is 0 Å². The van der Waals surface area contributed by atoms with E-state index in [2.05, 4.69) is 76.2 Å². The number of hydrogen-bond acceptors (Lipinski definition) is 0. The van der Waals surface area contributed by atoms with Gasteiger partial charge in [0.05, 0.1) is 0 Å². The summed E-state index contributed by atoms with van der Waals surface area (Å²) in [6.07, 6.45) is 2.37. The van der Waals surface area contributed by atoms with Crippen LogP contribution in [-0.4, -0.2) is 0 Å². The van der Waals surface area contributed by atoms with Crippen LogP contribution in [0, 0.1) is 5.92 Å². The van der Waals surface area contributed by atoms with Gasteiger partial charge in [-0.1, -0.05) is 82.6 Å². The van der Waals surface area contributed by atoms with Crippen LogP contribution in [0.1, 0.15) is 51.2 Å². The Bertz CT molecular complexity index is 534. The van der Waals surface area contributed by atoms with E-state index < -0.39 is 0 Å². The van der Waals surface area contributed by atoms with E-state index in [1.807, 2.05) is 0 Å². The molecule has 0 N–H and O–H groups in total. The summed E-state index contributed by atoms with van der Waals surface area (Å²) in [6.45, 7) is 9.11. The molecule has 0 aromatic heterocycles. The first-order valence-corrected chi connectivity index (χ1v) is 7.81. The van der Waals surface area contributed by atoms with E-state index in [0.29, 0.717) is 11.8 Å². The second-order valence-electron chi connectivity index (χ2n) is 6.11. The summed E-state index contributed by atoms with van der Waals surface area (Å²) in [5, 5.41) is 0. The van der Waals surface area contributed by atoms with Gasteiger partial charge in [-0.05, 0) is 40.5 Å². The van der Waals surface area contributed by atoms with E-state index in [9.17, 15) is 0 Å². The lowest BCUT2D eigenvalue weighted by Crippen LogP contribution is -2.01. The maximum absolute atomic E-state index is 2.32. The quantitative estimate of drug-likeness (QED) is 0.616. The van der Waals surface area contributed by atoms with Crippen LogP contribution in [0.25, 0.3) is 11.1 Å². The molecule has 106 valence electrons. The average molecular weight is 266 g/mol. The highest BCUT2D eigenvalue weighted by molar-refractivity contribution is 5.64.